The third kappa shape index (κ3) is 7.21. The van der Waals surface area contributed by atoms with Gasteiger partial charge < -0.3 is 14.3 Å². The fourth-order valence-corrected chi connectivity index (χ4v) is 9.36. The molecule has 3 atom stereocenters. The second kappa shape index (κ2) is 13.9. The Morgan fingerprint density at radius 2 is 1.59 bits per heavy atom. The van der Waals surface area contributed by atoms with E-state index in [1.165, 1.54) is 6.08 Å². The summed E-state index contributed by atoms with van der Waals surface area (Å²) in [6.45, 7) is 11.7. The smallest absolute Gasteiger partial charge is 0.334 e. The normalized spacial score (nSPS) is 24.1. The van der Waals surface area contributed by atoms with Crippen LogP contribution < -0.4 is 10.4 Å². The molecule has 0 amide bonds. The van der Waals surface area contributed by atoms with E-state index in [0.29, 0.717) is 24.9 Å². The quantitative estimate of drug-likeness (QED) is 0.202. The highest BCUT2D eigenvalue weighted by molar-refractivity contribution is 6.98. The third-order valence-electron chi connectivity index (χ3n) is 8.36. The predicted molar refractivity (Wildman–Crippen MR) is 164 cm³/mol. The molecule has 0 bridgehead atoms. The Bertz CT molecular complexity index is 1270. The lowest BCUT2D eigenvalue weighted by Crippen LogP contribution is -2.66. The summed E-state index contributed by atoms with van der Waals surface area (Å²) in [4.78, 5) is 50.7. The van der Waals surface area contributed by atoms with Gasteiger partial charge >= 0.3 is 5.97 Å². The van der Waals surface area contributed by atoms with E-state index in [0.717, 1.165) is 21.5 Å². The number of esters is 1. The minimum Gasteiger partial charge on any atom is -0.456 e. The first-order valence-corrected chi connectivity index (χ1v) is 16.0. The summed E-state index contributed by atoms with van der Waals surface area (Å²) < 4.78 is 11.3. The van der Waals surface area contributed by atoms with Gasteiger partial charge in [-0.1, -0.05) is 98.3 Å². The predicted octanol–water partition coefficient (Wildman–Crippen LogP) is 5.20. The molecule has 1 aliphatic heterocycles. The van der Waals surface area contributed by atoms with Crippen LogP contribution in [0.1, 0.15) is 60.8 Å². The summed E-state index contributed by atoms with van der Waals surface area (Å²) in [7, 11) is -3.42. The average molecular weight is 575 g/mol. The first-order valence-electron chi connectivity index (χ1n) is 14.1. The van der Waals surface area contributed by atoms with Crippen molar-refractivity contribution in [1.82, 2.24) is 0 Å². The van der Waals surface area contributed by atoms with Crippen LogP contribution in [-0.2, 0) is 23.9 Å². The van der Waals surface area contributed by atoms with Crippen LogP contribution >= 0.6 is 0 Å². The number of rotatable bonds is 8. The molecule has 0 spiro atoms. The highest BCUT2D eigenvalue weighted by Gasteiger charge is 2.52. The van der Waals surface area contributed by atoms with Gasteiger partial charge in [-0.2, -0.15) is 0 Å². The molecular formula is C34H42O6Si. The Labute approximate surface area is 244 Å². The van der Waals surface area contributed by atoms with Gasteiger partial charge in [0.15, 0.2) is 11.9 Å². The van der Waals surface area contributed by atoms with Crippen LogP contribution in [0.15, 0.2) is 95.6 Å². The minimum absolute atomic E-state index is 0.0873. The highest BCUT2D eigenvalue weighted by atomic mass is 28.4. The van der Waals surface area contributed by atoms with Gasteiger partial charge in [0.1, 0.15) is 6.10 Å². The molecule has 0 saturated heterocycles. The number of carbonyl (C=O) groups excluding carboxylic acids is 3. The lowest BCUT2D eigenvalue weighted by atomic mass is 9.82. The summed E-state index contributed by atoms with van der Waals surface area (Å²) in [6, 6.07) is 19.4. The maximum absolute atomic E-state index is 13.6. The molecule has 0 saturated carbocycles. The molecule has 1 N–H and O–H groups in total. The van der Waals surface area contributed by atoms with Gasteiger partial charge in [-0.05, 0) is 55.1 Å². The number of ketones is 1. The number of hydrogen-bond donors (Lipinski definition) is 1. The van der Waals surface area contributed by atoms with Gasteiger partial charge in [-0.15, -0.1) is 0 Å². The third-order valence-corrected chi connectivity index (χ3v) is 12.9. The van der Waals surface area contributed by atoms with Crippen LogP contribution in [0.25, 0.3) is 0 Å². The molecule has 0 unspecified atom stereocenters. The van der Waals surface area contributed by atoms with Crippen LogP contribution in [-0.4, -0.2) is 43.5 Å². The van der Waals surface area contributed by atoms with E-state index < -0.39 is 37.5 Å². The second-order valence-electron chi connectivity index (χ2n) is 11.5. The maximum atomic E-state index is 13.6. The van der Waals surface area contributed by atoms with Gasteiger partial charge in [0, 0.05) is 24.3 Å². The second-order valence-corrected chi connectivity index (χ2v) is 15.4. The van der Waals surface area contributed by atoms with Crippen molar-refractivity contribution in [2.75, 3.05) is 0 Å². The van der Waals surface area contributed by atoms with Crippen molar-refractivity contribution in [2.24, 2.45) is 5.92 Å². The van der Waals surface area contributed by atoms with Crippen molar-refractivity contribution in [1.29, 1.82) is 0 Å². The molecule has 0 aromatic heterocycles. The fraction of sp³-hybridized carbons (Fsp3) is 0.382. The summed E-state index contributed by atoms with van der Waals surface area (Å²) in [5, 5.41) is 1.02. The fourth-order valence-electron chi connectivity index (χ4n) is 5.60. The van der Waals surface area contributed by atoms with E-state index in [1.807, 2.05) is 107 Å². The molecule has 2 aromatic rings. The van der Waals surface area contributed by atoms with Crippen LogP contribution in [0.4, 0.5) is 0 Å². The van der Waals surface area contributed by atoms with E-state index in [-0.39, 0.29) is 12.2 Å². The van der Waals surface area contributed by atoms with Crippen molar-refractivity contribution in [3.8, 4) is 0 Å². The van der Waals surface area contributed by atoms with Crippen LogP contribution in [0.3, 0.4) is 0 Å². The Morgan fingerprint density at radius 1 is 1.02 bits per heavy atom. The number of cyclic esters (lactones) is 1. The first kappa shape index (κ1) is 32.0. The van der Waals surface area contributed by atoms with E-state index in [9.17, 15) is 19.2 Å². The molecule has 1 heterocycles. The lowest BCUT2D eigenvalue weighted by molar-refractivity contribution is -0.146. The van der Waals surface area contributed by atoms with Crippen molar-refractivity contribution in [3.05, 3.63) is 95.6 Å². The van der Waals surface area contributed by atoms with Gasteiger partial charge in [-0.3, -0.25) is 9.59 Å². The first-order chi connectivity index (χ1) is 19.5. The van der Waals surface area contributed by atoms with E-state index >= 15 is 0 Å². The lowest BCUT2D eigenvalue weighted by Gasteiger charge is -2.44. The van der Waals surface area contributed by atoms with Crippen molar-refractivity contribution >= 4 is 36.9 Å². The maximum Gasteiger partial charge on any atom is 0.334 e. The number of allylic oxidation sites excluding steroid dienone is 2. The average Bonchev–Trinajstić information content (AvgIpc) is 2.98. The summed E-state index contributed by atoms with van der Waals surface area (Å²) >= 11 is 0. The van der Waals surface area contributed by atoms with Crippen molar-refractivity contribution < 1.29 is 28.7 Å². The zero-order valence-corrected chi connectivity index (χ0v) is 25.9. The van der Waals surface area contributed by atoms with Crippen LogP contribution in [0.5, 0.6) is 0 Å². The van der Waals surface area contributed by atoms with Gasteiger partial charge in [0.05, 0.1) is 0 Å². The minimum atomic E-state index is -3.42. The molecule has 218 valence electrons. The summed E-state index contributed by atoms with van der Waals surface area (Å²) in [6.07, 6.45) is 4.56. The topological polar surface area (TPSA) is 89.9 Å². The zero-order chi connectivity index (χ0) is 30.2. The standard InChI is InChI=1S/C34H42O6Si/c1-7-24(2)31-21-19-25(3)29(32(39-23-35)30(36)20-18-26(4)33(37)40-31)22-34(5,6)41(38,27-14-10-8-11-15-27)28-16-12-9-13-17-28/h7-19,23,29,31-32,38H,20-22H2,1-6H3/b24-7-,25-19+,26-18-/t29-,31-,32+/m1/s1. The Morgan fingerprint density at radius 3 is 2.10 bits per heavy atom. The molecular weight excluding hydrogens is 532 g/mol. The molecule has 7 heteroatoms. The highest BCUT2D eigenvalue weighted by Crippen LogP contribution is 2.44. The number of hydrogen-bond acceptors (Lipinski definition) is 6. The molecule has 3 rings (SSSR count). The Kier molecular flexibility index (Phi) is 10.8. The summed E-state index contributed by atoms with van der Waals surface area (Å²) in [5.74, 6) is -1.31. The number of ether oxygens (including phenoxy) is 2. The molecule has 0 fully saturated rings. The summed E-state index contributed by atoms with van der Waals surface area (Å²) in [5.41, 5.74) is 2.07. The van der Waals surface area contributed by atoms with E-state index in [1.54, 1.807) is 6.92 Å². The molecule has 6 nitrogen and oxygen atoms in total. The Hall–Kier alpha value is -3.55. The molecule has 1 aliphatic rings. The van der Waals surface area contributed by atoms with Crippen molar-refractivity contribution in [2.45, 2.75) is 78.1 Å². The van der Waals surface area contributed by atoms with Gasteiger partial charge in [-0.25, -0.2) is 4.79 Å². The van der Waals surface area contributed by atoms with E-state index in [4.69, 9.17) is 9.47 Å². The molecule has 0 aliphatic carbocycles. The molecule has 2 aromatic carbocycles. The number of carbonyl (C=O) groups is 3. The van der Waals surface area contributed by atoms with E-state index in [2.05, 4.69) is 0 Å². The van der Waals surface area contributed by atoms with Crippen LogP contribution in [0, 0.1) is 5.92 Å². The van der Waals surface area contributed by atoms with Gasteiger partial charge in [0.2, 0.25) is 0 Å². The largest absolute Gasteiger partial charge is 0.456 e. The Balaban J connectivity index is 2.16. The molecule has 41 heavy (non-hydrogen) atoms. The molecule has 0 radical (unpaired) electrons. The zero-order valence-electron chi connectivity index (χ0n) is 24.9. The monoisotopic (exact) mass is 574 g/mol. The number of Topliss-reactive ketones (excluding diaryl/α,β-unsaturated/α-hetero) is 1. The SMILES string of the molecule is C/C=C(/C)[C@H]1C/C=C(\C)[C@@H](CC(C)(C)[Si](O)(c2ccccc2)c2ccccc2)[C@H](OC=O)C(=O)C/C=C(/C)C(=O)O1. The van der Waals surface area contributed by atoms with Crippen LogP contribution in [0.2, 0.25) is 5.04 Å². The van der Waals surface area contributed by atoms with Gasteiger partial charge in [0.25, 0.3) is 14.8 Å². The number of benzene rings is 2. The van der Waals surface area contributed by atoms with Crippen molar-refractivity contribution in [3.63, 3.8) is 0 Å².